The smallest absolute Gasteiger partial charge is 0.119 e. The van der Waals surface area contributed by atoms with Gasteiger partial charge in [-0.05, 0) is 43.5 Å². The number of aliphatic hydroxyl groups excluding tert-OH is 1. The van der Waals surface area contributed by atoms with Crippen molar-refractivity contribution in [3.63, 3.8) is 0 Å². The maximum atomic E-state index is 8.92. The molecular weight excluding hydrogens is 226 g/mol. The Balaban J connectivity index is 2.30. The molecule has 2 N–H and O–H groups in total. The molecule has 1 aromatic rings. The van der Waals surface area contributed by atoms with Crippen LogP contribution in [-0.2, 0) is 6.54 Å². The molecule has 1 atom stereocenters. The highest BCUT2D eigenvalue weighted by molar-refractivity contribution is 5.27. The summed E-state index contributed by atoms with van der Waals surface area (Å²) < 4.78 is 5.40. The minimum absolute atomic E-state index is 0.281. The summed E-state index contributed by atoms with van der Waals surface area (Å²) in [7, 11) is 0. The van der Waals surface area contributed by atoms with Gasteiger partial charge in [-0.25, -0.2) is 0 Å². The fourth-order valence-electron chi connectivity index (χ4n) is 1.92. The maximum Gasteiger partial charge on any atom is 0.119 e. The number of hydrogen-bond acceptors (Lipinski definition) is 3. The van der Waals surface area contributed by atoms with Crippen LogP contribution in [-0.4, -0.2) is 24.9 Å². The van der Waals surface area contributed by atoms with Crippen LogP contribution in [0.1, 0.15) is 32.3 Å². The molecule has 0 heterocycles. The first-order valence-corrected chi connectivity index (χ1v) is 6.83. The summed E-state index contributed by atoms with van der Waals surface area (Å²) in [5.74, 6) is 1.49. The number of benzene rings is 1. The van der Waals surface area contributed by atoms with Gasteiger partial charge < -0.3 is 15.2 Å². The minimum Gasteiger partial charge on any atom is -0.494 e. The summed E-state index contributed by atoms with van der Waals surface area (Å²) in [4.78, 5) is 0. The number of nitrogens with one attached hydrogen (secondary N) is 1. The van der Waals surface area contributed by atoms with Crippen molar-refractivity contribution in [3.05, 3.63) is 29.8 Å². The van der Waals surface area contributed by atoms with E-state index in [0.29, 0.717) is 12.5 Å². The molecule has 0 spiro atoms. The molecule has 3 nitrogen and oxygen atoms in total. The predicted molar refractivity (Wildman–Crippen MR) is 74.8 cm³/mol. The van der Waals surface area contributed by atoms with E-state index in [1.54, 1.807) is 0 Å². The fraction of sp³-hybridized carbons (Fsp3) is 0.600. The topological polar surface area (TPSA) is 41.5 Å². The molecular formula is C15H25NO2. The van der Waals surface area contributed by atoms with Crippen molar-refractivity contribution in [2.75, 3.05) is 19.8 Å². The van der Waals surface area contributed by atoms with Gasteiger partial charge in [0.1, 0.15) is 5.75 Å². The van der Waals surface area contributed by atoms with Crippen LogP contribution >= 0.6 is 0 Å². The van der Waals surface area contributed by atoms with E-state index in [0.717, 1.165) is 31.7 Å². The molecule has 1 aromatic carbocycles. The van der Waals surface area contributed by atoms with E-state index in [1.807, 2.05) is 19.1 Å². The maximum absolute atomic E-state index is 8.92. The highest BCUT2D eigenvalue weighted by atomic mass is 16.5. The van der Waals surface area contributed by atoms with Gasteiger partial charge in [-0.1, -0.05) is 25.5 Å². The lowest BCUT2D eigenvalue weighted by atomic mass is 10.0. The first-order chi connectivity index (χ1) is 8.80. The van der Waals surface area contributed by atoms with Crippen molar-refractivity contribution >= 4 is 0 Å². The predicted octanol–water partition coefficient (Wildman–Crippen LogP) is 2.58. The third kappa shape index (κ3) is 5.52. The second kappa shape index (κ2) is 8.95. The normalized spacial score (nSPS) is 12.4. The highest BCUT2D eigenvalue weighted by Gasteiger charge is 2.04. The third-order valence-corrected chi connectivity index (χ3v) is 3.11. The van der Waals surface area contributed by atoms with E-state index in [4.69, 9.17) is 9.84 Å². The summed E-state index contributed by atoms with van der Waals surface area (Å²) in [6.07, 6.45) is 1.99. The van der Waals surface area contributed by atoms with E-state index in [9.17, 15) is 0 Å². The van der Waals surface area contributed by atoms with E-state index < -0.39 is 0 Å². The summed E-state index contributed by atoms with van der Waals surface area (Å²) >= 11 is 0. The van der Waals surface area contributed by atoms with E-state index in [1.165, 1.54) is 5.56 Å². The lowest BCUT2D eigenvalue weighted by Gasteiger charge is -2.14. The quantitative estimate of drug-likeness (QED) is 0.709. The highest BCUT2D eigenvalue weighted by Crippen LogP contribution is 2.12. The third-order valence-electron chi connectivity index (χ3n) is 3.11. The molecule has 0 saturated carbocycles. The van der Waals surface area contributed by atoms with Crippen molar-refractivity contribution in [3.8, 4) is 5.75 Å². The van der Waals surface area contributed by atoms with Crippen LogP contribution in [0.4, 0.5) is 0 Å². The molecule has 0 aliphatic carbocycles. The van der Waals surface area contributed by atoms with Crippen molar-refractivity contribution in [2.24, 2.45) is 5.92 Å². The Bertz CT molecular complexity index is 311. The van der Waals surface area contributed by atoms with Gasteiger partial charge in [0.15, 0.2) is 0 Å². The molecule has 0 aliphatic heterocycles. The molecule has 0 aliphatic rings. The van der Waals surface area contributed by atoms with Crippen LogP contribution in [0.15, 0.2) is 24.3 Å². The summed E-state index contributed by atoms with van der Waals surface area (Å²) in [5.41, 5.74) is 1.26. The van der Waals surface area contributed by atoms with Gasteiger partial charge in [0, 0.05) is 13.2 Å². The average molecular weight is 251 g/mol. The molecule has 0 amide bonds. The van der Waals surface area contributed by atoms with Crippen molar-refractivity contribution in [1.29, 1.82) is 0 Å². The summed E-state index contributed by atoms with van der Waals surface area (Å²) in [6.45, 7) is 6.97. The lowest BCUT2D eigenvalue weighted by Crippen LogP contribution is -2.22. The Morgan fingerprint density at radius 1 is 1.22 bits per heavy atom. The van der Waals surface area contributed by atoms with E-state index in [-0.39, 0.29) is 6.61 Å². The first kappa shape index (κ1) is 15.0. The SMILES string of the molecule is CCOc1ccc(CNCC(CC)CCO)cc1. The Morgan fingerprint density at radius 3 is 2.50 bits per heavy atom. The minimum atomic E-state index is 0.281. The van der Waals surface area contributed by atoms with Crippen LogP contribution in [0.2, 0.25) is 0 Å². The van der Waals surface area contributed by atoms with Crippen LogP contribution in [0.25, 0.3) is 0 Å². The van der Waals surface area contributed by atoms with Crippen LogP contribution in [0, 0.1) is 5.92 Å². The molecule has 18 heavy (non-hydrogen) atoms. The van der Waals surface area contributed by atoms with Crippen molar-refractivity contribution in [2.45, 2.75) is 33.2 Å². The molecule has 1 unspecified atom stereocenters. The first-order valence-electron chi connectivity index (χ1n) is 6.83. The second-order valence-electron chi connectivity index (χ2n) is 4.49. The van der Waals surface area contributed by atoms with E-state index in [2.05, 4.69) is 24.4 Å². The van der Waals surface area contributed by atoms with E-state index >= 15 is 0 Å². The molecule has 0 saturated heterocycles. The number of hydrogen-bond donors (Lipinski definition) is 2. The van der Waals surface area contributed by atoms with Gasteiger partial charge in [0.2, 0.25) is 0 Å². The Labute approximate surface area is 110 Å². The van der Waals surface area contributed by atoms with Crippen LogP contribution in [0.3, 0.4) is 0 Å². The summed E-state index contributed by atoms with van der Waals surface area (Å²) in [5, 5.41) is 12.4. The van der Waals surface area contributed by atoms with Gasteiger partial charge in [-0.3, -0.25) is 0 Å². The molecule has 1 rings (SSSR count). The molecule has 102 valence electrons. The van der Waals surface area contributed by atoms with Crippen LogP contribution in [0.5, 0.6) is 5.75 Å². The van der Waals surface area contributed by atoms with Gasteiger partial charge in [0.25, 0.3) is 0 Å². The fourth-order valence-corrected chi connectivity index (χ4v) is 1.92. The Morgan fingerprint density at radius 2 is 1.94 bits per heavy atom. The number of aliphatic hydroxyl groups is 1. The Hall–Kier alpha value is -1.06. The lowest BCUT2D eigenvalue weighted by molar-refractivity contribution is 0.251. The molecule has 3 heteroatoms. The molecule has 0 bridgehead atoms. The monoisotopic (exact) mass is 251 g/mol. The van der Waals surface area contributed by atoms with Crippen molar-refractivity contribution in [1.82, 2.24) is 5.32 Å². The molecule has 0 radical (unpaired) electrons. The molecule has 0 aromatic heterocycles. The summed E-state index contributed by atoms with van der Waals surface area (Å²) in [6, 6.07) is 8.19. The zero-order valence-electron chi connectivity index (χ0n) is 11.5. The zero-order chi connectivity index (χ0) is 13.2. The second-order valence-corrected chi connectivity index (χ2v) is 4.49. The largest absolute Gasteiger partial charge is 0.494 e. The molecule has 0 fully saturated rings. The van der Waals surface area contributed by atoms with Gasteiger partial charge in [-0.2, -0.15) is 0 Å². The Kier molecular flexibility index (Phi) is 7.46. The zero-order valence-corrected chi connectivity index (χ0v) is 11.5. The number of rotatable bonds is 9. The van der Waals surface area contributed by atoms with Crippen molar-refractivity contribution < 1.29 is 9.84 Å². The standard InChI is InChI=1S/C15H25NO2/c1-3-13(9-10-17)11-16-12-14-5-7-15(8-6-14)18-4-2/h5-8,13,16-17H,3-4,9-12H2,1-2H3. The average Bonchev–Trinajstić information content (AvgIpc) is 2.40. The van der Waals surface area contributed by atoms with Gasteiger partial charge in [0.05, 0.1) is 6.61 Å². The van der Waals surface area contributed by atoms with Gasteiger partial charge in [-0.15, -0.1) is 0 Å². The van der Waals surface area contributed by atoms with Gasteiger partial charge >= 0.3 is 0 Å². The van der Waals surface area contributed by atoms with Crippen LogP contribution < -0.4 is 10.1 Å². The number of ether oxygens (including phenoxy) is 1.